The first-order chi connectivity index (χ1) is 10.8. The maximum atomic E-state index is 11.7. The number of esters is 1. The molecular weight excluding hydrogens is 321 g/mol. The number of aromatic nitrogens is 1. The topological polar surface area (TPSA) is 85.9 Å². The minimum atomic E-state index is -4.14. The smallest absolute Gasteiger partial charge is 0.463 e. The van der Waals surface area contributed by atoms with E-state index in [1.807, 2.05) is 42.1 Å². The summed E-state index contributed by atoms with van der Waals surface area (Å²) in [6.07, 6.45) is 4.29. The third kappa shape index (κ3) is 7.70. The molecule has 0 saturated heterocycles. The molecule has 0 bridgehead atoms. The zero-order valence-electron chi connectivity index (χ0n) is 13.8. The highest BCUT2D eigenvalue weighted by atomic mass is 31.2. The summed E-state index contributed by atoms with van der Waals surface area (Å²) in [5.74, 6) is -0.363. The van der Waals surface area contributed by atoms with Gasteiger partial charge >= 0.3 is 13.8 Å². The summed E-state index contributed by atoms with van der Waals surface area (Å²) in [6.45, 7) is 5.61. The lowest BCUT2D eigenvalue weighted by molar-refractivity contribution is -0.697. The van der Waals surface area contributed by atoms with E-state index in [9.17, 15) is 14.3 Å². The average Bonchev–Trinajstić information content (AvgIpc) is 2.52. The normalized spacial score (nSPS) is 14.3. The fraction of sp³-hybridized carbons (Fsp3) is 0.600. The molecule has 0 aliphatic heterocycles. The van der Waals surface area contributed by atoms with Gasteiger partial charge in [-0.1, -0.05) is 13.0 Å². The van der Waals surface area contributed by atoms with E-state index in [0.717, 1.165) is 0 Å². The lowest BCUT2D eigenvalue weighted by atomic mass is 9.91. The van der Waals surface area contributed by atoms with Crippen LogP contribution in [0.15, 0.2) is 30.6 Å². The summed E-state index contributed by atoms with van der Waals surface area (Å²) in [5, 5.41) is 0. The molecule has 1 heterocycles. The van der Waals surface area contributed by atoms with Crippen molar-refractivity contribution >= 4 is 13.8 Å². The highest BCUT2D eigenvalue weighted by Gasteiger charge is 2.27. The number of hydrogen-bond donors (Lipinski definition) is 1. The Hall–Kier alpha value is -1.27. The largest absolute Gasteiger partial charge is 0.472 e. The molecule has 0 spiro atoms. The van der Waals surface area contributed by atoms with E-state index in [0.29, 0.717) is 13.0 Å². The number of pyridine rings is 1. The number of carbonyl (C=O) groups excluding carboxylic acids is 1. The van der Waals surface area contributed by atoms with Crippen LogP contribution in [0.3, 0.4) is 0 Å². The molecule has 0 saturated carbocycles. The van der Waals surface area contributed by atoms with Gasteiger partial charge < -0.3 is 9.63 Å². The van der Waals surface area contributed by atoms with Gasteiger partial charge in [0.15, 0.2) is 18.9 Å². The van der Waals surface area contributed by atoms with Crippen molar-refractivity contribution < 1.29 is 32.6 Å². The van der Waals surface area contributed by atoms with Crippen LogP contribution in [0.4, 0.5) is 0 Å². The van der Waals surface area contributed by atoms with Gasteiger partial charge in [0.25, 0.3) is 0 Å². The van der Waals surface area contributed by atoms with Crippen LogP contribution in [-0.4, -0.2) is 30.7 Å². The molecule has 1 aromatic heterocycles. The Labute approximate surface area is 136 Å². The molecule has 1 atom stereocenters. The van der Waals surface area contributed by atoms with Crippen LogP contribution in [0.25, 0.3) is 0 Å². The van der Waals surface area contributed by atoms with Crippen LogP contribution in [-0.2, 0) is 29.7 Å². The first kappa shape index (κ1) is 19.8. The molecule has 1 N–H and O–H groups in total. The Balaban J connectivity index is 2.22. The van der Waals surface area contributed by atoms with Crippen molar-refractivity contribution in [3.8, 4) is 0 Å². The van der Waals surface area contributed by atoms with Gasteiger partial charge in [-0.3, -0.25) is 13.8 Å². The van der Waals surface area contributed by atoms with Crippen LogP contribution < -0.4 is 4.57 Å². The second-order valence-electron chi connectivity index (χ2n) is 5.62. The number of ether oxygens (including phenoxy) is 1. The number of carbonyl (C=O) groups is 1. The van der Waals surface area contributed by atoms with Crippen LogP contribution >= 0.6 is 7.82 Å². The Kier molecular flexibility index (Phi) is 7.85. The molecular formula is C15H25NO6P+. The van der Waals surface area contributed by atoms with E-state index in [2.05, 4.69) is 0 Å². The van der Waals surface area contributed by atoms with Crippen LogP contribution in [0.1, 0.15) is 27.2 Å². The summed E-state index contributed by atoms with van der Waals surface area (Å²) in [7, 11) is -4.14. The minimum absolute atomic E-state index is 0.0328. The molecule has 1 unspecified atom stereocenters. The molecule has 1 rings (SSSR count). The van der Waals surface area contributed by atoms with E-state index < -0.39 is 13.2 Å². The van der Waals surface area contributed by atoms with E-state index in [4.69, 9.17) is 13.8 Å². The van der Waals surface area contributed by atoms with E-state index >= 15 is 0 Å². The van der Waals surface area contributed by atoms with Crippen molar-refractivity contribution in [1.82, 2.24) is 0 Å². The molecule has 130 valence electrons. The lowest BCUT2D eigenvalue weighted by Gasteiger charge is -2.20. The average molecular weight is 346 g/mol. The van der Waals surface area contributed by atoms with Crippen molar-refractivity contribution in [3.05, 3.63) is 30.6 Å². The van der Waals surface area contributed by atoms with Crippen molar-refractivity contribution in [1.29, 1.82) is 0 Å². The van der Waals surface area contributed by atoms with Gasteiger partial charge in [-0.25, -0.2) is 9.13 Å². The molecule has 0 radical (unpaired) electrons. The molecule has 7 nitrogen and oxygen atoms in total. The molecule has 1 aromatic rings. The maximum Gasteiger partial charge on any atom is 0.472 e. The van der Waals surface area contributed by atoms with Gasteiger partial charge in [0.2, 0.25) is 0 Å². The Bertz CT molecular complexity index is 534. The highest BCUT2D eigenvalue weighted by molar-refractivity contribution is 7.47. The van der Waals surface area contributed by atoms with Crippen molar-refractivity contribution in [2.75, 3.05) is 19.8 Å². The Morgan fingerprint density at radius 3 is 2.35 bits per heavy atom. The van der Waals surface area contributed by atoms with Gasteiger partial charge in [-0.05, 0) is 20.3 Å². The predicted octanol–water partition coefficient (Wildman–Crippen LogP) is 2.09. The third-order valence-corrected chi connectivity index (χ3v) is 4.41. The first-order valence-corrected chi connectivity index (χ1v) is 8.99. The van der Waals surface area contributed by atoms with Crippen LogP contribution in [0.2, 0.25) is 0 Å². The zero-order chi connectivity index (χ0) is 17.3. The number of phosphoric ester groups is 1. The van der Waals surface area contributed by atoms with Gasteiger partial charge in [-0.2, -0.15) is 0 Å². The molecule has 0 aliphatic rings. The Morgan fingerprint density at radius 1 is 1.13 bits per heavy atom. The molecule has 0 amide bonds. The Morgan fingerprint density at radius 2 is 1.74 bits per heavy atom. The summed E-state index contributed by atoms with van der Waals surface area (Å²) in [6, 6.07) is 5.57. The van der Waals surface area contributed by atoms with Crippen LogP contribution in [0, 0.1) is 5.41 Å². The minimum Gasteiger partial charge on any atom is -0.463 e. The standard InChI is InChI=1S/C15H24NO6P/c1-4-15(2,3)14(17)20-12-13-22-23(18,19)21-11-10-16-8-6-5-7-9-16/h5-9H,4,10-13H2,1-3H3/p+1. The van der Waals surface area contributed by atoms with E-state index in [1.165, 1.54) is 0 Å². The molecule has 0 aliphatic carbocycles. The fourth-order valence-corrected chi connectivity index (χ4v) is 2.20. The van der Waals surface area contributed by atoms with Gasteiger partial charge in [0.05, 0.1) is 12.0 Å². The van der Waals surface area contributed by atoms with Crippen LogP contribution in [0.5, 0.6) is 0 Å². The SMILES string of the molecule is CCC(C)(C)C(=O)OCCOP(=O)(O)OCC[n+]1ccccc1. The molecule has 8 heteroatoms. The zero-order valence-corrected chi connectivity index (χ0v) is 14.7. The fourth-order valence-electron chi connectivity index (χ4n) is 1.51. The summed E-state index contributed by atoms with van der Waals surface area (Å²) in [4.78, 5) is 21.2. The van der Waals surface area contributed by atoms with Crippen molar-refractivity contribution in [2.45, 2.75) is 33.7 Å². The van der Waals surface area contributed by atoms with E-state index in [-0.39, 0.29) is 25.8 Å². The van der Waals surface area contributed by atoms with Crippen molar-refractivity contribution in [2.24, 2.45) is 5.41 Å². The summed E-state index contributed by atoms with van der Waals surface area (Å²) < 4.78 is 28.1. The van der Waals surface area contributed by atoms with Gasteiger partial charge in [0.1, 0.15) is 13.2 Å². The highest BCUT2D eigenvalue weighted by Crippen LogP contribution is 2.42. The molecule has 0 aromatic carbocycles. The third-order valence-electron chi connectivity index (χ3n) is 3.39. The molecule has 0 fully saturated rings. The van der Waals surface area contributed by atoms with Crippen molar-refractivity contribution in [3.63, 3.8) is 0 Å². The number of phosphoric acid groups is 1. The van der Waals surface area contributed by atoms with Gasteiger partial charge in [-0.15, -0.1) is 0 Å². The quantitative estimate of drug-likeness (QED) is 0.302. The second kappa shape index (κ2) is 9.13. The molecule has 23 heavy (non-hydrogen) atoms. The van der Waals surface area contributed by atoms with Gasteiger partial charge in [0, 0.05) is 12.1 Å². The summed E-state index contributed by atoms with van der Waals surface area (Å²) >= 11 is 0. The maximum absolute atomic E-state index is 11.7. The number of nitrogens with zero attached hydrogens (tertiary/aromatic N) is 1. The summed E-state index contributed by atoms with van der Waals surface area (Å²) in [5.41, 5.74) is -0.577. The number of rotatable bonds is 10. The van der Waals surface area contributed by atoms with E-state index in [1.54, 1.807) is 13.8 Å². The predicted molar refractivity (Wildman–Crippen MR) is 83.4 cm³/mol. The lowest BCUT2D eigenvalue weighted by Crippen LogP contribution is -2.34. The second-order valence-corrected chi connectivity index (χ2v) is 7.08. The number of hydrogen-bond acceptors (Lipinski definition) is 5. The monoisotopic (exact) mass is 346 g/mol. The first-order valence-electron chi connectivity index (χ1n) is 7.50.